The van der Waals surface area contributed by atoms with Crippen molar-refractivity contribution in [2.24, 2.45) is 0 Å². The molecule has 1 aliphatic carbocycles. The molecule has 39 heavy (non-hydrogen) atoms. The quantitative estimate of drug-likeness (QED) is 0.308. The highest BCUT2D eigenvalue weighted by molar-refractivity contribution is 8.18. The average molecular weight is 603 g/mol. The molecule has 0 radical (unpaired) electrons. The first kappa shape index (κ1) is 28.0. The van der Waals surface area contributed by atoms with E-state index in [1.165, 1.54) is 9.80 Å². The molecule has 3 fully saturated rings. The monoisotopic (exact) mass is 601 g/mol. The van der Waals surface area contributed by atoms with Crippen LogP contribution >= 0.6 is 46.7 Å². The van der Waals surface area contributed by atoms with Gasteiger partial charge in [-0.05, 0) is 83.9 Å². The van der Waals surface area contributed by atoms with Crippen LogP contribution in [0.4, 0.5) is 9.59 Å². The maximum Gasteiger partial charge on any atom is 0.294 e. The van der Waals surface area contributed by atoms with Gasteiger partial charge >= 0.3 is 0 Å². The molecule has 0 N–H and O–H groups in total. The van der Waals surface area contributed by atoms with Gasteiger partial charge in [0.15, 0.2) is 0 Å². The average Bonchev–Trinajstić information content (AvgIpc) is 3.35. The number of benzene rings is 2. The molecule has 0 bridgehead atoms. The molecule has 2 heterocycles. The summed E-state index contributed by atoms with van der Waals surface area (Å²) in [6, 6.07) is 14.1. The molecular formula is C28H25Cl2N3O4S2. The topological polar surface area (TPSA) is 78.0 Å². The van der Waals surface area contributed by atoms with Gasteiger partial charge in [0.1, 0.15) is 0 Å². The number of thioether (sulfide) groups is 2. The molecule has 4 amide bonds. The van der Waals surface area contributed by atoms with Gasteiger partial charge in [-0.15, -0.1) is 0 Å². The second-order valence-electron chi connectivity index (χ2n) is 9.49. The molecule has 0 spiro atoms. The van der Waals surface area contributed by atoms with E-state index in [0.29, 0.717) is 19.9 Å². The Kier molecular flexibility index (Phi) is 8.83. The standard InChI is InChI=1S/C28H25Cl2N3O4S2/c29-20-10-6-18(7-11-20)14-23-25(34)32(27(36)38-23)16-31(22-4-2-1-3-5-22)17-33-26(35)24(39-28(33)37)15-19-8-12-21(30)13-9-19/h6-15,22H,1-5,16-17H2. The van der Waals surface area contributed by atoms with Gasteiger partial charge < -0.3 is 0 Å². The highest BCUT2D eigenvalue weighted by atomic mass is 35.5. The molecule has 0 atom stereocenters. The van der Waals surface area contributed by atoms with Crippen molar-refractivity contribution in [2.45, 2.75) is 38.1 Å². The summed E-state index contributed by atoms with van der Waals surface area (Å²) in [5, 5.41) is 0.410. The molecule has 0 unspecified atom stereocenters. The fraction of sp³-hybridized carbons (Fsp3) is 0.286. The van der Waals surface area contributed by atoms with Crippen LogP contribution in [0.1, 0.15) is 43.2 Å². The summed E-state index contributed by atoms with van der Waals surface area (Å²) in [6.07, 6.45) is 8.21. The zero-order chi connectivity index (χ0) is 27.5. The van der Waals surface area contributed by atoms with Gasteiger partial charge in [0.05, 0.1) is 23.1 Å². The Morgan fingerprint density at radius 1 is 0.692 bits per heavy atom. The minimum Gasteiger partial charge on any atom is -0.268 e. The number of imide groups is 2. The number of amides is 4. The van der Waals surface area contributed by atoms with E-state index in [2.05, 4.69) is 0 Å². The SMILES string of the molecule is O=C1SC(=Cc2ccc(Cl)cc2)C(=O)N1CN(CN1C(=O)SC(=Cc2ccc(Cl)cc2)C1=O)C1CCCCC1. The Hall–Kier alpha value is -2.56. The highest BCUT2D eigenvalue weighted by Gasteiger charge is 2.41. The van der Waals surface area contributed by atoms with Gasteiger partial charge in [-0.2, -0.15) is 0 Å². The Morgan fingerprint density at radius 2 is 1.10 bits per heavy atom. The number of hydrogen-bond acceptors (Lipinski definition) is 7. The van der Waals surface area contributed by atoms with Gasteiger partial charge in [-0.3, -0.25) is 33.9 Å². The molecule has 11 heteroatoms. The maximum atomic E-state index is 13.2. The van der Waals surface area contributed by atoms with Crippen LogP contribution in [0.25, 0.3) is 12.2 Å². The number of carbonyl (C=O) groups is 4. The minimum absolute atomic E-state index is 0.00521. The van der Waals surface area contributed by atoms with Gasteiger partial charge in [-0.1, -0.05) is 66.7 Å². The van der Waals surface area contributed by atoms with Crippen LogP contribution < -0.4 is 0 Å². The molecular weight excluding hydrogens is 577 g/mol. The minimum atomic E-state index is -0.391. The van der Waals surface area contributed by atoms with E-state index in [-0.39, 0.29) is 29.9 Å². The van der Waals surface area contributed by atoms with Crippen LogP contribution in [-0.2, 0) is 9.59 Å². The van der Waals surface area contributed by atoms with E-state index >= 15 is 0 Å². The van der Waals surface area contributed by atoms with Gasteiger partial charge in [0, 0.05) is 16.1 Å². The van der Waals surface area contributed by atoms with Crippen LogP contribution in [0, 0.1) is 0 Å². The summed E-state index contributed by atoms with van der Waals surface area (Å²) in [5.41, 5.74) is 1.53. The zero-order valence-electron chi connectivity index (χ0n) is 20.8. The third-order valence-corrected chi connectivity index (χ3v) is 9.14. The molecule has 3 aliphatic rings. The molecule has 2 aromatic rings. The molecule has 2 aromatic carbocycles. The summed E-state index contributed by atoms with van der Waals surface area (Å²) in [5.74, 6) is -0.782. The van der Waals surface area contributed by atoms with Crippen LogP contribution in [0.15, 0.2) is 58.3 Å². The first-order chi connectivity index (χ1) is 18.8. The predicted octanol–water partition coefficient (Wildman–Crippen LogP) is 7.32. The fourth-order valence-electron chi connectivity index (χ4n) is 4.75. The number of hydrogen-bond donors (Lipinski definition) is 0. The normalized spacial score (nSPS) is 20.9. The molecule has 7 nitrogen and oxygen atoms in total. The van der Waals surface area contributed by atoms with E-state index in [1.807, 2.05) is 4.90 Å². The summed E-state index contributed by atoms with van der Waals surface area (Å²) in [6.45, 7) is 0.0104. The number of carbonyl (C=O) groups excluding carboxylic acids is 4. The van der Waals surface area contributed by atoms with Crippen molar-refractivity contribution >= 4 is 81.2 Å². The van der Waals surface area contributed by atoms with Crippen molar-refractivity contribution in [1.82, 2.24) is 14.7 Å². The lowest BCUT2D eigenvalue weighted by Crippen LogP contribution is -2.51. The number of halogens is 2. The Morgan fingerprint density at radius 3 is 1.51 bits per heavy atom. The van der Waals surface area contributed by atoms with E-state index in [4.69, 9.17) is 23.2 Å². The van der Waals surface area contributed by atoms with Crippen LogP contribution in [0.5, 0.6) is 0 Å². The molecule has 2 saturated heterocycles. The summed E-state index contributed by atoms with van der Waals surface area (Å²) >= 11 is 13.7. The van der Waals surface area contributed by atoms with Crippen molar-refractivity contribution in [3.8, 4) is 0 Å². The van der Waals surface area contributed by atoms with Crippen molar-refractivity contribution in [2.75, 3.05) is 13.3 Å². The van der Waals surface area contributed by atoms with Crippen LogP contribution in [0.3, 0.4) is 0 Å². The Balaban J connectivity index is 1.34. The highest BCUT2D eigenvalue weighted by Crippen LogP contribution is 2.36. The first-order valence-electron chi connectivity index (χ1n) is 12.5. The fourth-order valence-corrected chi connectivity index (χ4v) is 6.66. The Labute approximate surface area is 245 Å². The molecule has 202 valence electrons. The first-order valence-corrected chi connectivity index (χ1v) is 14.9. The predicted molar refractivity (Wildman–Crippen MR) is 157 cm³/mol. The van der Waals surface area contributed by atoms with E-state index < -0.39 is 11.8 Å². The molecule has 0 aromatic heterocycles. The second kappa shape index (κ2) is 12.3. The van der Waals surface area contributed by atoms with E-state index in [1.54, 1.807) is 60.7 Å². The smallest absolute Gasteiger partial charge is 0.268 e. The largest absolute Gasteiger partial charge is 0.294 e. The third-order valence-electron chi connectivity index (χ3n) is 6.82. The lowest BCUT2D eigenvalue weighted by molar-refractivity contribution is -0.127. The maximum absolute atomic E-state index is 13.2. The van der Waals surface area contributed by atoms with E-state index in [9.17, 15) is 19.2 Å². The molecule has 5 rings (SSSR count). The summed E-state index contributed by atoms with van der Waals surface area (Å²) in [4.78, 5) is 57.3. The van der Waals surface area contributed by atoms with Gasteiger partial charge in [0.2, 0.25) is 0 Å². The number of rotatable bonds is 7. The molecule has 2 aliphatic heterocycles. The van der Waals surface area contributed by atoms with Gasteiger partial charge in [-0.25, -0.2) is 0 Å². The van der Waals surface area contributed by atoms with Crippen molar-refractivity contribution in [3.63, 3.8) is 0 Å². The van der Waals surface area contributed by atoms with Crippen molar-refractivity contribution < 1.29 is 19.2 Å². The molecule has 1 saturated carbocycles. The summed E-state index contributed by atoms with van der Waals surface area (Å²) < 4.78 is 0. The van der Waals surface area contributed by atoms with E-state index in [0.717, 1.165) is 66.8 Å². The lowest BCUT2D eigenvalue weighted by atomic mass is 9.94. The van der Waals surface area contributed by atoms with Crippen molar-refractivity contribution in [1.29, 1.82) is 0 Å². The van der Waals surface area contributed by atoms with Gasteiger partial charge in [0.25, 0.3) is 22.3 Å². The van der Waals surface area contributed by atoms with Crippen LogP contribution in [-0.4, -0.2) is 56.4 Å². The zero-order valence-corrected chi connectivity index (χ0v) is 24.0. The van der Waals surface area contributed by atoms with Crippen molar-refractivity contribution in [3.05, 3.63) is 79.5 Å². The number of nitrogens with zero attached hydrogens (tertiary/aromatic N) is 3. The van der Waals surface area contributed by atoms with Crippen LogP contribution in [0.2, 0.25) is 10.0 Å². The third kappa shape index (κ3) is 6.61. The lowest BCUT2D eigenvalue weighted by Gasteiger charge is -2.37. The Bertz CT molecular complexity index is 1260. The summed E-state index contributed by atoms with van der Waals surface area (Å²) in [7, 11) is 0. The second-order valence-corrected chi connectivity index (χ2v) is 12.3.